The van der Waals surface area contributed by atoms with Crippen LogP contribution in [-0.2, 0) is 26.0 Å². The summed E-state index contributed by atoms with van der Waals surface area (Å²) in [7, 11) is -2.51. The summed E-state index contributed by atoms with van der Waals surface area (Å²) in [5.41, 5.74) is 2.48. The first-order valence-corrected chi connectivity index (χ1v) is 14.8. The molecule has 0 aliphatic carbocycles. The fourth-order valence-corrected chi connectivity index (χ4v) is 7.97. The van der Waals surface area contributed by atoms with E-state index in [1.165, 1.54) is 30.0 Å². The van der Waals surface area contributed by atoms with Gasteiger partial charge >= 0.3 is 5.97 Å². The van der Waals surface area contributed by atoms with Crippen LogP contribution in [-0.4, -0.2) is 60.5 Å². The van der Waals surface area contributed by atoms with Gasteiger partial charge in [-0.15, -0.1) is 11.8 Å². The minimum absolute atomic E-state index is 0.0177. The third-order valence-corrected chi connectivity index (χ3v) is 9.46. The number of halogens is 2. The molecule has 1 aliphatic heterocycles. The second-order valence-corrected chi connectivity index (χ2v) is 12.3. The number of carboxylic acids is 1. The summed E-state index contributed by atoms with van der Waals surface area (Å²) >= 11 is 13.2. The number of thioether (sulfide) groups is 1. The van der Waals surface area contributed by atoms with Crippen LogP contribution in [0.5, 0.6) is 5.75 Å². The molecule has 0 radical (unpaired) electrons. The first-order chi connectivity index (χ1) is 18.1. The van der Waals surface area contributed by atoms with Crippen molar-refractivity contribution in [2.24, 2.45) is 0 Å². The minimum atomic E-state index is -4.10. The predicted molar refractivity (Wildman–Crippen MR) is 148 cm³/mol. The van der Waals surface area contributed by atoms with Crippen LogP contribution in [0, 0.1) is 0 Å². The fraction of sp³-hybridized carbons (Fsp3) is 0.231. The molecule has 38 heavy (non-hydrogen) atoms. The molecule has 0 bridgehead atoms. The number of sulfonamides is 1. The molecule has 3 aromatic rings. The third-order valence-electron chi connectivity index (χ3n) is 6.01. The lowest BCUT2D eigenvalue weighted by molar-refractivity contribution is -0.142. The number of benzene rings is 3. The van der Waals surface area contributed by atoms with Crippen molar-refractivity contribution < 1.29 is 27.9 Å². The molecule has 1 saturated heterocycles. The molecule has 0 saturated carbocycles. The molecule has 1 fully saturated rings. The van der Waals surface area contributed by atoms with Gasteiger partial charge in [0.15, 0.2) is 0 Å². The van der Waals surface area contributed by atoms with Crippen molar-refractivity contribution in [1.29, 1.82) is 0 Å². The van der Waals surface area contributed by atoms with Gasteiger partial charge in [0.1, 0.15) is 17.8 Å². The number of nitrogens with zero attached hydrogens (tertiary/aromatic N) is 1. The van der Waals surface area contributed by atoms with Gasteiger partial charge in [0.05, 0.1) is 17.9 Å². The molecule has 4 rings (SSSR count). The zero-order chi connectivity index (χ0) is 27.4. The summed E-state index contributed by atoms with van der Waals surface area (Å²) in [4.78, 5) is 25.0. The van der Waals surface area contributed by atoms with Crippen molar-refractivity contribution >= 4 is 56.9 Å². The van der Waals surface area contributed by atoms with Gasteiger partial charge in [-0.05, 0) is 35.4 Å². The smallest absolute Gasteiger partial charge is 0.326 e. The Morgan fingerprint density at radius 2 is 1.76 bits per heavy atom. The average Bonchev–Trinajstić information content (AvgIpc) is 3.39. The van der Waals surface area contributed by atoms with Crippen LogP contribution in [0.3, 0.4) is 0 Å². The van der Waals surface area contributed by atoms with E-state index in [0.29, 0.717) is 11.3 Å². The Morgan fingerprint density at radius 1 is 1.11 bits per heavy atom. The maximum atomic E-state index is 13.2. The summed E-state index contributed by atoms with van der Waals surface area (Å²) in [5, 5.41) is 12.6. The van der Waals surface area contributed by atoms with E-state index in [2.05, 4.69) is 5.32 Å². The molecule has 1 heterocycles. The van der Waals surface area contributed by atoms with Crippen LogP contribution < -0.4 is 10.1 Å². The summed E-state index contributed by atoms with van der Waals surface area (Å²) in [6, 6.07) is 16.4. The molecular weight excluding hydrogens is 571 g/mol. The number of ether oxygens (including phenoxy) is 1. The van der Waals surface area contributed by atoms with Gasteiger partial charge in [-0.25, -0.2) is 13.2 Å². The van der Waals surface area contributed by atoms with Gasteiger partial charge in [0, 0.05) is 27.8 Å². The van der Waals surface area contributed by atoms with E-state index in [-0.39, 0.29) is 33.0 Å². The molecule has 0 unspecified atom stereocenters. The molecule has 2 N–H and O–H groups in total. The number of para-hydroxylation sites is 1. The highest BCUT2D eigenvalue weighted by Crippen LogP contribution is 2.32. The second-order valence-electron chi connectivity index (χ2n) is 8.51. The van der Waals surface area contributed by atoms with Gasteiger partial charge in [-0.3, -0.25) is 4.79 Å². The number of rotatable bonds is 9. The van der Waals surface area contributed by atoms with Crippen LogP contribution in [0.2, 0.25) is 10.0 Å². The third kappa shape index (κ3) is 6.27. The number of nitrogens with one attached hydrogen (secondary N) is 1. The number of hydrogen-bond acceptors (Lipinski definition) is 6. The van der Waals surface area contributed by atoms with E-state index in [0.717, 1.165) is 15.4 Å². The Hall–Kier alpha value is -2.76. The lowest BCUT2D eigenvalue weighted by Gasteiger charge is -2.24. The normalized spacial score (nSPS) is 16.7. The van der Waals surface area contributed by atoms with Crippen LogP contribution in [0.1, 0.15) is 5.56 Å². The van der Waals surface area contributed by atoms with Crippen molar-refractivity contribution in [3.63, 3.8) is 0 Å². The zero-order valence-corrected chi connectivity index (χ0v) is 23.3. The molecule has 1 amide bonds. The highest BCUT2D eigenvalue weighted by molar-refractivity contribution is 8.00. The highest BCUT2D eigenvalue weighted by Gasteiger charge is 2.41. The SMILES string of the molecule is COc1ccccc1-c1ccc(C[C@H](NC(=O)[C@H]2CSCN2S(=O)(=O)c2cc(Cl)cc(Cl)c2)C(=O)O)cc1. The summed E-state index contributed by atoms with van der Waals surface area (Å²) in [6.07, 6.45) is 0.0177. The van der Waals surface area contributed by atoms with Crippen LogP contribution >= 0.6 is 35.0 Å². The lowest BCUT2D eigenvalue weighted by Crippen LogP contribution is -2.52. The number of amides is 1. The second kappa shape index (κ2) is 12.0. The van der Waals surface area contributed by atoms with Crippen molar-refractivity contribution in [1.82, 2.24) is 9.62 Å². The van der Waals surface area contributed by atoms with E-state index in [1.807, 2.05) is 36.4 Å². The lowest BCUT2D eigenvalue weighted by atomic mass is 10.00. The van der Waals surface area contributed by atoms with Crippen LogP contribution in [0.15, 0.2) is 71.6 Å². The number of carboxylic acid groups (broad SMARTS) is 1. The van der Waals surface area contributed by atoms with Gasteiger partial charge < -0.3 is 15.2 Å². The predicted octanol–water partition coefficient (Wildman–Crippen LogP) is 4.54. The number of methoxy groups -OCH3 is 1. The topological polar surface area (TPSA) is 113 Å². The highest BCUT2D eigenvalue weighted by atomic mass is 35.5. The van der Waals surface area contributed by atoms with E-state index in [1.54, 1.807) is 19.2 Å². The van der Waals surface area contributed by atoms with Crippen molar-refractivity contribution in [2.75, 3.05) is 18.7 Å². The van der Waals surface area contributed by atoms with E-state index in [9.17, 15) is 23.1 Å². The quantitative estimate of drug-likeness (QED) is 0.374. The largest absolute Gasteiger partial charge is 0.496 e. The molecule has 0 aromatic heterocycles. The van der Waals surface area contributed by atoms with Crippen LogP contribution in [0.25, 0.3) is 11.1 Å². The van der Waals surface area contributed by atoms with Gasteiger partial charge in [0.2, 0.25) is 15.9 Å². The number of aliphatic carboxylic acids is 1. The summed E-state index contributed by atoms with van der Waals surface area (Å²) in [6.45, 7) is 0. The molecule has 8 nitrogen and oxygen atoms in total. The van der Waals surface area contributed by atoms with E-state index in [4.69, 9.17) is 27.9 Å². The molecule has 12 heteroatoms. The van der Waals surface area contributed by atoms with Crippen molar-refractivity contribution in [3.8, 4) is 16.9 Å². The molecular formula is C26H24Cl2N2O6S2. The van der Waals surface area contributed by atoms with Crippen molar-refractivity contribution in [2.45, 2.75) is 23.4 Å². The van der Waals surface area contributed by atoms with Gasteiger partial charge in [0.25, 0.3) is 0 Å². The van der Waals surface area contributed by atoms with E-state index >= 15 is 0 Å². The van der Waals surface area contributed by atoms with Crippen molar-refractivity contribution in [3.05, 3.63) is 82.3 Å². The Balaban J connectivity index is 1.49. The maximum absolute atomic E-state index is 13.2. The number of carbonyl (C=O) groups is 2. The number of hydrogen-bond donors (Lipinski definition) is 2. The Kier molecular flexibility index (Phi) is 8.89. The average molecular weight is 596 g/mol. The van der Waals surface area contributed by atoms with Crippen LogP contribution in [0.4, 0.5) is 0 Å². The summed E-state index contributed by atoms with van der Waals surface area (Å²) < 4.78 is 32.9. The first-order valence-electron chi connectivity index (χ1n) is 11.4. The molecule has 1 aliphatic rings. The summed E-state index contributed by atoms with van der Waals surface area (Å²) in [5.74, 6) is -0.991. The maximum Gasteiger partial charge on any atom is 0.326 e. The molecule has 2 atom stereocenters. The Labute approximate surface area is 234 Å². The first kappa shape index (κ1) is 28.3. The van der Waals surface area contributed by atoms with Gasteiger partial charge in [-0.2, -0.15) is 4.31 Å². The Bertz CT molecular complexity index is 1430. The fourth-order valence-electron chi connectivity index (χ4n) is 4.09. The Morgan fingerprint density at radius 3 is 2.39 bits per heavy atom. The monoisotopic (exact) mass is 594 g/mol. The minimum Gasteiger partial charge on any atom is -0.496 e. The zero-order valence-electron chi connectivity index (χ0n) is 20.1. The molecule has 200 valence electrons. The standard InChI is InChI=1S/C26H24Cl2N2O6S2/c1-36-24-5-3-2-4-21(24)17-8-6-16(7-9-17)10-22(26(32)33)29-25(31)23-14-37-15-30(23)38(34,35)20-12-18(27)11-19(28)13-20/h2-9,11-13,22-23H,10,14-15H2,1H3,(H,29,31)(H,32,33)/t22-,23+/m0/s1. The number of carbonyl (C=O) groups excluding carboxylic acids is 1. The van der Waals surface area contributed by atoms with E-state index < -0.39 is 34.0 Å². The molecule has 0 spiro atoms. The van der Waals surface area contributed by atoms with Gasteiger partial charge in [-0.1, -0.05) is 65.7 Å². The molecule has 3 aromatic carbocycles.